The van der Waals surface area contributed by atoms with Gasteiger partial charge < -0.3 is 14.8 Å². The number of halogens is 3. The SMILES string of the molecule is CCNC(C)(c1ccc2c(c1)OCO2)C(F)(F)F. The number of ether oxygens (including phenoxy) is 2. The van der Waals surface area contributed by atoms with E-state index in [4.69, 9.17) is 9.47 Å². The van der Waals surface area contributed by atoms with Crippen molar-refractivity contribution in [3.05, 3.63) is 23.8 Å². The predicted octanol–water partition coefficient (Wildman–Crippen LogP) is 2.80. The maximum atomic E-state index is 13.2. The molecule has 1 aliphatic heterocycles. The maximum absolute atomic E-state index is 13.2. The zero-order chi connectivity index (χ0) is 13.4. The third kappa shape index (κ3) is 2.01. The van der Waals surface area contributed by atoms with Crippen molar-refractivity contribution >= 4 is 0 Å². The van der Waals surface area contributed by atoms with E-state index in [1.807, 2.05) is 0 Å². The van der Waals surface area contributed by atoms with Crippen molar-refractivity contribution in [2.24, 2.45) is 0 Å². The fraction of sp³-hybridized carbons (Fsp3) is 0.500. The highest BCUT2D eigenvalue weighted by molar-refractivity contribution is 5.46. The van der Waals surface area contributed by atoms with Crippen LogP contribution in [0, 0.1) is 0 Å². The largest absolute Gasteiger partial charge is 0.454 e. The van der Waals surface area contributed by atoms with Gasteiger partial charge in [0.25, 0.3) is 0 Å². The summed E-state index contributed by atoms with van der Waals surface area (Å²) in [4.78, 5) is 0. The lowest BCUT2D eigenvalue weighted by atomic mass is 9.91. The van der Waals surface area contributed by atoms with Gasteiger partial charge in [0, 0.05) is 0 Å². The van der Waals surface area contributed by atoms with Crippen molar-refractivity contribution in [3.8, 4) is 11.5 Å². The topological polar surface area (TPSA) is 30.5 Å². The van der Waals surface area contributed by atoms with E-state index < -0.39 is 11.7 Å². The van der Waals surface area contributed by atoms with Gasteiger partial charge >= 0.3 is 6.18 Å². The van der Waals surface area contributed by atoms with Gasteiger partial charge in [0.1, 0.15) is 5.54 Å². The van der Waals surface area contributed by atoms with E-state index in [0.29, 0.717) is 11.5 Å². The van der Waals surface area contributed by atoms with Crippen molar-refractivity contribution in [1.29, 1.82) is 0 Å². The highest BCUT2D eigenvalue weighted by Crippen LogP contribution is 2.42. The van der Waals surface area contributed by atoms with Crippen molar-refractivity contribution in [1.82, 2.24) is 5.32 Å². The predicted molar refractivity (Wildman–Crippen MR) is 59.6 cm³/mol. The van der Waals surface area contributed by atoms with Gasteiger partial charge in [0.15, 0.2) is 11.5 Å². The first-order valence-corrected chi connectivity index (χ1v) is 5.60. The van der Waals surface area contributed by atoms with Crippen LogP contribution in [0.2, 0.25) is 0 Å². The first kappa shape index (κ1) is 13.0. The highest BCUT2D eigenvalue weighted by atomic mass is 19.4. The Balaban J connectivity index is 2.43. The lowest BCUT2D eigenvalue weighted by Gasteiger charge is -2.33. The minimum Gasteiger partial charge on any atom is -0.454 e. The fourth-order valence-electron chi connectivity index (χ4n) is 1.93. The Bertz CT molecular complexity index is 447. The van der Waals surface area contributed by atoms with Crippen molar-refractivity contribution in [3.63, 3.8) is 0 Å². The number of rotatable bonds is 3. The van der Waals surface area contributed by atoms with Crippen LogP contribution < -0.4 is 14.8 Å². The molecule has 0 fully saturated rings. The molecule has 1 atom stereocenters. The summed E-state index contributed by atoms with van der Waals surface area (Å²) in [6.07, 6.45) is -4.39. The van der Waals surface area contributed by atoms with E-state index in [-0.39, 0.29) is 18.9 Å². The standard InChI is InChI=1S/C12H14F3NO2/c1-3-16-11(2,12(13,14)15)8-4-5-9-10(6-8)18-7-17-9/h4-6,16H,3,7H2,1-2H3. The summed E-state index contributed by atoms with van der Waals surface area (Å²) < 4.78 is 49.8. The fourth-order valence-corrected chi connectivity index (χ4v) is 1.93. The van der Waals surface area contributed by atoms with Gasteiger partial charge in [0.05, 0.1) is 0 Å². The number of nitrogens with one attached hydrogen (secondary N) is 1. The Morgan fingerprint density at radius 3 is 2.50 bits per heavy atom. The van der Waals surface area contributed by atoms with Crippen LogP contribution in [0.15, 0.2) is 18.2 Å². The molecule has 0 bridgehead atoms. The van der Waals surface area contributed by atoms with Gasteiger partial charge in [-0.2, -0.15) is 13.2 Å². The summed E-state index contributed by atoms with van der Waals surface area (Å²) in [5.41, 5.74) is -1.98. The van der Waals surface area contributed by atoms with Gasteiger partial charge in [-0.1, -0.05) is 13.0 Å². The van der Waals surface area contributed by atoms with E-state index in [9.17, 15) is 13.2 Å². The van der Waals surface area contributed by atoms with Crippen LogP contribution in [0.4, 0.5) is 13.2 Å². The van der Waals surface area contributed by atoms with Crippen molar-refractivity contribution < 1.29 is 22.6 Å². The van der Waals surface area contributed by atoms with Crippen LogP contribution in [-0.4, -0.2) is 19.5 Å². The van der Waals surface area contributed by atoms with E-state index in [2.05, 4.69) is 5.32 Å². The Kier molecular flexibility index (Phi) is 3.14. The molecule has 100 valence electrons. The van der Waals surface area contributed by atoms with E-state index >= 15 is 0 Å². The molecule has 6 heteroatoms. The van der Waals surface area contributed by atoms with Gasteiger partial charge in [0.2, 0.25) is 6.79 Å². The number of hydrogen-bond acceptors (Lipinski definition) is 3. The van der Waals surface area contributed by atoms with E-state index in [1.165, 1.54) is 18.2 Å². The summed E-state index contributed by atoms with van der Waals surface area (Å²) in [7, 11) is 0. The summed E-state index contributed by atoms with van der Waals surface area (Å²) >= 11 is 0. The Morgan fingerprint density at radius 2 is 1.89 bits per heavy atom. The molecule has 0 amide bonds. The molecule has 1 N–H and O–H groups in total. The average Bonchev–Trinajstić information content (AvgIpc) is 2.74. The second-order valence-corrected chi connectivity index (χ2v) is 4.22. The first-order chi connectivity index (χ1) is 8.38. The molecule has 0 aromatic heterocycles. The molecule has 0 radical (unpaired) electrons. The van der Waals surface area contributed by atoms with Crippen LogP contribution in [0.5, 0.6) is 11.5 Å². The van der Waals surface area contributed by atoms with Crippen LogP contribution in [0.3, 0.4) is 0 Å². The Labute approximate surface area is 103 Å². The van der Waals surface area contributed by atoms with Crippen LogP contribution in [0.1, 0.15) is 19.4 Å². The van der Waals surface area contributed by atoms with Crippen LogP contribution in [0.25, 0.3) is 0 Å². The smallest absolute Gasteiger partial charge is 0.410 e. The number of hydrogen-bond donors (Lipinski definition) is 1. The summed E-state index contributed by atoms with van der Waals surface area (Å²) in [6, 6.07) is 4.28. The summed E-state index contributed by atoms with van der Waals surface area (Å²) in [6.45, 7) is 3.01. The first-order valence-electron chi connectivity index (χ1n) is 5.60. The molecule has 2 rings (SSSR count). The molecule has 3 nitrogen and oxygen atoms in total. The number of benzene rings is 1. The zero-order valence-electron chi connectivity index (χ0n) is 10.1. The molecule has 1 heterocycles. The zero-order valence-corrected chi connectivity index (χ0v) is 10.1. The average molecular weight is 261 g/mol. The third-order valence-electron chi connectivity index (χ3n) is 3.05. The second-order valence-electron chi connectivity index (χ2n) is 4.22. The van der Waals surface area contributed by atoms with Gasteiger partial charge in [-0.3, -0.25) is 0 Å². The maximum Gasteiger partial charge on any atom is 0.410 e. The molecule has 0 saturated carbocycles. The van der Waals surface area contributed by atoms with Crippen LogP contribution >= 0.6 is 0 Å². The monoisotopic (exact) mass is 261 g/mol. The molecule has 0 aliphatic carbocycles. The normalized spacial score (nSPS) is 17.6. The molecule has 1 aliphatic rings. The molecule has 1 unspecified atom stereocenters. The molecule has 1 aromatic carbocycles. The number of alkyl halides is 3. The van der Waals surface area contributed by atoms with Crippen LogP contribution in [-0.2, 0) is 5.54 Å². The summed E-state index contributed by atoms with van der Waals surface area (Å²) in [5, 5.41) is 2.49. The molecule has 0 saturated heterocycles. The third-order valence-corrected chi connectivity index (χ3v) is 3.05. The molecular formula is C12H14F3NO2. The van der Waals surface area contributed by atoms with Crippen molar-refractivity contribution in [2.75, 3.05) is 13.3 Å². The molecule has 0 spiro atoms. The molecule has 1 aromatic rings. The lowest BCUT2D eigenvalue weighted by molar-refractivity contribution is -0.195. The lowest BCUT2D eigenvalue weighted by Crippen LogP contribution is -2.51. The van der Waals surface area contributed by atoms with Gasteiger partial charge in [-0.15, -0.1) is 0 Å². The second kappa shape index (κ2) is 4.35. The minimum absolute atomic E-state index is 0.0444. The number of fused-ring (bicyclic) bond motifs is 1. The summed E-state index contributed by atoms with van der Waals surface area (Å²) in [5.74, 6) is 0.820. The van der Waals surface area contributed by atoms with Crippen molar-refractivity contribution in [2.45, 2.75) is 25.6 Å². The van der Waals surface area contributed by atoms with Gasteiger partial charge in [-0.25, -0.2) is 0 Å². The minimum atomic E-state index is -4.39. The quantitative estimate of drug-likeness (QED) is 0.907. The Hall–Kier alpha value is -1.43. The Morgan fingerprint density at radius 1 is 1.22 bits per heavy atom. The van der Waals surface area contributed by atoms with E-state index in [0.717, 1.165) is 6.92 Å². The highest BCUT2D eigenvalue weighted by Gasteiger charge is 2.52. The van der Waals surface area contributed by atoms with E-state index in [1.54, 1.807) is 6.92 Å². The van der Waals surface area contributed by atoms with Gasteiger partial charge in [-0.05, 0) is 31.2 Å². The molecular weight excluding hydrogens is 247 g/mol. The molecule has 18 heavy (non-hydrogen) atoms.